The van der Waals surface area contributed by atoms with E-state index in [9.17, 15) is 9.59 Å². The van der Waals surface area contributed by atoms with Gasteiger partial charge in [-0.15, -0.1) is 0 Å². The number of ether oxygens (including phenoxy) is 2. The number of esters is 2. The van der Waals surface area contributed by atoms with Crippen molar-refractivity contribution in [3.05, 3.63) is 53.3 Å². The molecule has 1 fully saturated rings. The third-order valence-corrected chi connectivity index (χ3v) is 5.68. The average Bonchev–Trinajstić information content (AvgIpc) is 3.55. The van der Waals surface area contributed by atoms with Crippen LogP contribution in [-0.2, 0) is 16.0 Å². The lowest BCUT2D eigenvalue weighted by molar-refractivity contribution is 0.00574. The number of nitrogens with one attached hydrogen (secondary N) is 1. The van der Waals surface area contributed by atoms with Crippen molar-refractivity contribution in [2.45, 2.75) is 65.5 Å². The van der Waals surface area contributed by atoms with Crippen LogP contribution in [0.25, 0.3) is 10.9 Å². The van der Waals surface area contributed by atoms with E-state index in [4.69, 9.17) is 9.47 Å². The van der Waals surface area contributed by atoms with Gasteiger partial charge in [0.15, 0.2) is 0 Å². The molecule has 2 aromatic heterocycles. The first-order valence-electron chi connectivity index (χ1n) is 11.8. The smallest absolute Gasteiger partial charge is 0.355 e. The molecule has 1 saturated carbocycles. The van der Waals surface area contributed by atoms with Crippen LogP contribution in [0.1, 0.15) is 79.8 Å². The van der Waals surface area contributed by atoms with Gasteiger partial charge >= 0.3 is 11.9 Å². The van der Waals surface area contributed by atoms with E-state index in [0.29, 0.717) is 35.5 Å². The molecule has 7 nitrogen and oxygen atoms in total. The minimum absolute atomic E-state index is 0.343. The molecule has 4 rings (SSSR count). The van der Waals surface area contributed by atoms with Crippen LogP contribution in [0.15, 0.2) is 36.5 Å². The normalized spacial score (nSPS) is 13.9. The molecular formula is C27H33N3O4. The zero-order chi connectivity index (χ0) is 24.6. The summed E-state index contributed by atoms with van der Waals surface area (Å²) in [6.07, 6.45) is 4.07. The fourth-order valence-electron chi connectivity index (χ4n) is 4.03. The molecule has 0 spiro atoms. The summed E-state index contributed by atoms with van der Waals surface area (Å²) < 4.78 is 12.7. The Bertz CT molecular complexity index is 1230. The highest BCUT2D eigenvalue weighted by molar-refractivity contribution is 5.98. The first-order chi connectivity index (χ1) is 16.1. The molecule has 34 heavy (non-hydrogen) atoms. The van der Waals surface area contributed by atoms with Gasteiger partial charge < -0.3 is 19.4 Å². The van der Waals surface area contributed by atoms with E-state index in [1.54, 1.807) is 0 Å². The lowest BCUT2D eigenvalue weighted by atomic mass is 10.1. The highest BCUT2D eigenvalue weighted by atomic mass is 16.6. The Morgan fingerprint density at radius 2 is 1.88 bits per heavy atom. The maximum atomic E-state index is 12.9. The molecule has 1 aliphatic rings. The quantitative estimate of drug-likeness (QED) is 0.429. The summed E-state index contributed by atoms with van der Waals surface area (Å²) in [4.78, 5) is 29.9. The van der Waals surface area contributed by atoms with Crippen LogP contribution >= 0.6 is 0 Å². The molecule has 0 bridgehead atoms. The fraction of sp³-hybridized carbons (Fsp3) is 0.444. The fourth-order valence-corrected chi connectivity index (χ4v) is 4.03. The Morgan fingerprint density at radius 3 is 2.50 bits per heavy atom. The summed E-state index contributed by atoms with van der Waals surface area (Å²) in [5.74, 6) is 0.516. The number of benzene rings is 1. The lowest BCUT2D eigenvalue weighted by Gasteiger charge is -2.20. The van der Waals surface area contributed by atoms with Crippen molar-refractivity contribution in [3.63, 3.8) is 0 Å². The number of methoxy groups -OCH3 is 1. The summed E-state index contributed by atoms with van der Waals surface area (Å²) in [5.41, 5.74) is 3.14. The molecule has 7 heteroatoms. The standard InChI is InChI=1S/C27H33N3O4/c1-16(2)15-30-22-10-9-20(11-18(22)13-23(30)26(32)34-27(3,4)5)29-24-21(25(31)33-6)12-19(14-28-24)17-7-8-17/h9-14,16-17H,7-8,15H2,1-6H3,(H,28,29). The van der Waals surface area contributed by atoms with Crippen molar-refractivity contribution in [2.24, 2.45) is 5.92 Å². The van der Waals surface area contributed by atoms with Gasteiger partial charge in [-0.2, -0.15) is 0 Å². The number of anilines is 2. The Hall–Kier alpha value is -3.35. The molecule has 1 N–H and O–H groups in total. The van der Waals surface area contributed by atoms with E-state index in [2.05, 4.69) is 24.1 Å². The minimum atomic E-state index is -0.578. The van der Waals surface area contributed by atoms with Crippen molar-refractivity contribution in [2.75, 3.05) is 12.4 Å². The molecule has 0 unspecified atom stereocenters. The van der Waals surface area contributed by atoms with E-state index < -0.39 is 11.6 Å². The minimum Gasteiger partial charge on any atom is -0.465 e. The van der Waals surface area contributed by atoms with Crippen molar-refractivity contribution >= 4 is 34.3 Å². The van der Waals surface area contributed by atoms with Crippen LogP contribution in [0.5, 0.6) is 0 Å². The number of carbonyl (C=O) groups excluding carboxylic acids is 2. The third kappa shape index (κ3) is 5.24. The Labute approximate surface area is 200 Å². The number of fused-ring (bicyclic) bond motifs is 1. The molecule has 1 aromatic carbocycles. The van der Waals surface area contributed by atoms with E-state index in [0.717, 1.165) is 35.0 Å². The number of nitrogens with zero attached hydrogens (tertiary/aromatic N) is 2. The van der Waals surface area contributed by atoms with Crippen molar-refractivity contribution < 1.29 is 19.1 Å². The van der Waals surface area contributed by atoms with Crippen LogP contribution in [0.2, 0.25) is 0 Å². The summed E-state index contributed by atoms with van der Waals surface area (Å²) in [7, 11) is 1.37. The molecule has 0 amide bonds. The molecular weight excluding hydrogens is 430 g/mol. The lowest BCUT2D eigenvalue weighted by Crippen LogP contribution is -2.25. The first kappa shape index (κ1) is 23.8. The summed E-state index contributed by atoms with van der Waals surface area (Å²) in [6, 6.07) is 9.59. The summed E-state index contributed by atoms with van der Waals surface area (Å²) >= 11 is 0. The first-order valence-corrected chi connectivity index (χ1v) is 11.8. The van der Waals surface area contributed by atoms with Crippen LogP contribution in [0.4, 0.5) is 11.5 Å². The average molecular weight is 464 g/mol. The topological polar surface area (TPSA) is 82.4 Å². The maximum absolute atomic E-state index is 12.9. The zero-order valence-corrected chi connectivity index (χ0v) is 20.8. The van der Waals surface area contributed by atoms with Gasteiger partial charge in [-0.25, -0.2) is 14.6 Å². The highest BCUT2D eigenvalue weighted by Crippen LogP contribution is 2.40. The van der Waals surface area contributed by atoms with Crippen molar-refractivity contribution in [1.29, 1.82) is 0 Å². The van der Waals surface area contributed by atoms with Gasteiger partial charge in [0.1, 0.15) is 22.7 Å². The second-order valence-corrected chi connectivity index (χ2v) is 10.4. The Balaban J connectivity index is 1.70. The van der Waals surface area contributed by atoms with E-state index in [-0.39, 0.29) is 5.97 Å². The highest BCUT2D eigenvalue weighted by Gasteiger charge is 2.27. The van der Waals surface area contributed by atoms with E-state index >= 15 is 0 Å². The van der Waals surface area contributed by atoms with Crippen LogP contribution < -0.4 is 5.32 Å². The van der Waals surface area contributed by atoms with Gasteiger partial charge in [0.25, 0.3) is 0 Å². The Kier molecular flexibility index (Phi) is 6.39. The second kappa shape index (κ2) is 9.12. The second-order valence-electron chi connectivity index (χ2n) is 10.4. The number of hydrogen-bond acceptors (Lipinski definition) is 6. The molecule has 0 radical (unpaired) electrons. The monoisotopic (exact) mass is 463 g/mol. The predicted molar refractivity (Wildman–Crippen MR) is 133 cm³/mol. The number of pyridine rings is 1. The van der Waals surface area contributed by atoms with Gasteiger partial charge in [0.05, 0.1) is 7.11 Å². The van der Waals surface area contributed by atoms with Gasteiger partial charge in [0.2, 0.25) is 0 Å². The van der Waals surface area contributed by atoms with Gasteiger partial charge in [-0.05, 0) is 81.3 Å². The largest absolute Gasteiger partial charge is 0.465 e. The summed E-state index contributed by atoms with van der Waals surface area (Å²) in [6.45, 7) is 10.5. The molecule has 180 valence electrons. The van der Waals surface area contributed by atoms with Crippen LogP contribution in [-0.4, -0.2) is 34.2 Å². The molecule has 0 atom stereocenters. The molecule has 0 saturated heterocycles. The third-order valence-electron chi connectivity index (χ3n) is 5.68. The number of rotatable bonds is 7. The molecule has 0 aliphatic heterocycles. The van der Waals surface area contributed by atoms with E-state index in [1.165, 1.54) is 7.11 Å². The number of hydrogen-bond donors (Lipinski definition) is 1. The van der Waals surface area contributed by atoms with Crippen molar-refractivity contribution in [3.8, 4) is 0 Å². The predicted octanol–water partition coefficient (Wildman–Crippen LogP) is 6.06. The Morgan fingerprint density at radius 1 is 1.15 bits per heavy atom. The van der Waals surface area contributed by atoms with Gasteiger partial charge in [-0.1, -0.05) is 13.8 Å². The maximum Gasteiger partial charge on any atom is 0.355 e. The van der Waals surface area contributed by atoms with Gasteiger partial charge in [-0.3, -0.25) is 0 Å². The van der Waals surface area contributed by atoms with Crippen LogP contribution in [0.3, 0.4) is 0 Å². The zero-order valence-electron chi connectivity index (χ0n) is 20.8. The van der Waals surface area contributed by atoms with Crippen LogP contribution in [0, 0.1) is 5.92 Å². The molecule has 1 aliphatic carbocycles. The molecule has 3 aromatic rings. The van der Waals surface area contributed by atoms with Crippen molar-refractivity contribution in [1.82, 2.24) is 9.55 Å². The van der Waals surface area contributed by atoms with E-state index in [1.807, 2.05) is 61.9 Å². The number of aromatic nitrogens is 2. The summed E-state index contributed by atoms with van der Waals surface area (Å²) in [5, 5.41) is 4.17. The van der Waals surface area contributed by atoms with Gasteiger partial charge in [0, 0.05) is 29.3 Å². The SMILES string of the molecule is COC(=O)c1cc(C2CC2)cnc1Nc1ccc2c(c1)cc(C(=O)OC(C)(C)C)n2CC(C)C. The molecule has 2 heterocycles. The number of carbonyl (C=O) groups is 2.